The van der Waals surface area contributed by atoms with Gasteiger partial charge in [-0.1, -0.05) is 17.9 Å². The molecule has 0 saturated carbocycles. The van der Waals surface area contributed by atoms with Gasteiger partial charge in [0.1, 0.15) is 5.75 Å². The van der Waals surface area contributed by atoms with Gasteiger partial charge in [0.05, 0.1) is 30.7 Å². The number of nitrogens with one attached hydrogen (secondary N) is 2. The second kappa shape index (κ2) is 7.07. The lowest BCUT2D eigenvalue weighted by Gasteiger charge is -2.03. The summed E-state index contributed by atoms with van der Waals surface area (Å²) >= 11 is 0. The molecule has 24 heavy (non-hydrogen) atoms. The van der Waals surface area contributed by atoms with E-state index in [2.05, 4.69) is 22.1 Å². The summed E-state index contributed by atoms with van der Waals surface area (Å²) in [5.74, 6) is 6.75. The van der Waals surface area contributed by atoms with Crippen LogP contribution in [0.5, 0.6) is 5.75 Å². The minimum absolute atomic E-state index is 0.146. The summed E-state index contributed by atoms with van der Waals surface area (Å²) in [4.78, 5) is 15.5. The summed E-state index contributed by atoms with van der Waals surface area (Å²) < 4.78 is 10.3. The zero-order valence-electron chi connectivity index (χ0n) is 13.6. The zero-order chi connectivity index (χ0) is 16.9. The molecule has 0 saturated heterocycles. The minimum atomic E-state index is -0.146. The molecule has 0 spiro atoms. The van der Waals surface area contributed by atoms with E-state index < -0.39 is 0 Å². The van der Waals surface area contributed by atoms with Crippen LogP contribution in [0, 0.1) is 11.8 Å². The summed E-state index contributed by atoms with van der Waals surface area (Å²) in [6, 6.07) is 7.49. The molecule has 0 bridgehead atoms. The van der Waals surface area contributed by atoms with Gasteiger partial charge in [-0.25, -0.2) is 0 Å². The third-order valence-corrected chi connectivity index (χ3v) is 3.73. The number of fused-ring (bicyclic) bond motifs is 1. The maximum absolute atomic E-state index is 12.4. The lowest BCUT2D eigenvalue weighted by molar-refractivity contribution is -0.110. The number of hydrogen-bond acceptors (Lipinski definition) is 3. The number of hydrogen-bond donors (Lipinski definition) is 2. The van der Waals surface area contributed by atoms with Crippen LogP contribution in [-0.2, 0) is 9.53 Å². The molecular weight excluding hydrogens is 304 g/mol. The number of rotatable bonds is 4. The molecule has 2 aromatic rings. The molecule has 0 radical (unpaired) electrons. The van der Waals surface area contributed by atoms with Crippen molar-refractivity contribution in [3.05, 3.63) is 47.3 Å². The van der Waals surface area contributed by atoms with Gasteiger partial charge in [-0.2, -0.15) is 0 Å². The number of aromatic amines is 1. The van der Waals surface area contributed by atoms with Crippen LogP contribution in [0.25, 0.3) is 11.6 Å². The fourth-order valence-electron chi connectivity index (χ4n) is 2.61. The Bertz CT molecular complexity index is 853. The first-order valence-corrected chi connectivity index (χ1v) is 7.60. The molecule has 2 heterocycles. The Morgan fingerprint density at radius 2 is 2.12 bits per heavy atom. The quantitative estimate of drug-likeness (QED) is 0.517. The predicted molar refractivity (Wildman–Crippen MR) is 93.7 cm³/mol. The normalized spacial score (nSPS) is 14.1. The van der Waals surface area contributed by atoms with Gasteiger partial charge < -0.3 is 19.8 Å². The van der Waals surface area contributed by atoms with Crippen molar-refractivity contribution in [2.24, 2.45) is 0 Å². The number of carbonyl (C=O) groups excluding carboxylic acids is 1. The molecule has 3 rings (SSSR count). The molecule has 0 atom stereocenters. The monoisotopic (exact) mass is 322 g/mol. The fraction of sp³-hybridized carbons (Fsp3) is 0.211. The van der Waals surface area contributed by atoms with Crippen molar-refractivity contribution in [2.75, 3.05) is 26.1 Å². The molecule has 122 valence electrons. The van der Waals surface area contributed by atoms with Crippen molar-refractivity contribution in [3.8, 4) is 17.6 Å². The van der Waals surface area contributed by atoms with E-state index in [0.29, 0.717) is 24.4 Å². The van der Waals surface area contributed by atoms with Crippen LogP contribution in [-0.4, -0.2) is 31.7 Å². The van der Waals surface area contributed by atoms with Crippen molar-refractivity contribution in [3.63, 3.8) is 0 Å². The molecule has 0 aliphatic carbocycles. The molecule has 0 unspecified atom stereocenters. The Morgan fingerprint density at radius 3 is 2.92 bits per heavy atom. The minimum Gasteiger partial charge on any atom is -0.495 e. The first kappa shape index (κ1) is 15.9. The Kier molecular flexibility index (Phi) is 4.69. The SMILES string of the molecule is COCCC#Cc1cccc2c1/C(=C/c1[nH]ccc1OC)C(=O)N2. The third kappa shape index (κ3) is 3.05. The van der Waals surface area contributed by atoms with Gasteiger partial charge in [0.25, 0.3) is 5.91 Å². The molecule has 5 heteroatoms. The van der Waals surface area contributed by atoms with Gasteiger partial charge in [0.15, 0.2) is 0 Å². The summed E-state index contributed by atoms with van der Waals surface area (Å²) in [5.41, 5.74) is 3.73. The molecule has 2 N–H and O–H groups in total. The van der Waals surface area contributed by atoms with E-state index in [9.17, 15) is 4.79 Å². The molecule has 0 fully saturated rings. The van der Waals surface area contributed by atoms with Crippen LogP contribution in [0.2, 0.25) is 0 Å². The van der Waals surface area contributed by atoms with E-state index in [1.807, 2.05) is 24.3 Å². The summed E-state index contributed by atoms with van der Waals surface area (Å²) in [6.45, 7) is 0.585. The van der Waals surface area contributed by atoms with Crippen LogP contribution in [0.3, 0.4) is 0 Å². The highest BCUT2D eigenvalue weighted by molar-refractivity contribution is 6.35. The number of carbonyl (C=O) groups is 1. The molecule has 1 amide bonds. The average molecular weight is 322 g/mol. The highest BCUT2D eigenvalue weighted by atomic mass is 16.5. The van der Waals surface area contributed by atoms with Crippen molar-refractivity contribution >= 4 is 23.2 Å². The van der Waals surface area contributed by atoms with Gasteiger partial charge in [-0.3, -0.25) is 4.79 Å². The van der Waals surface area contributed by atoms with E-state index in [1.165, 1.54) is 0 Å². The smallest absolute Gasteiger partial charge is 0.256 e. The highest BCUT2D eigenvalue weighted by Crippen LogP contribution is 2.36. The van der Waals surface area contributed by atoms with Crippen molar-refractivity contribution < 1.29 is 14.3 Å². The Morgan fingerprint density at radius 1 is 1.25 bits per heavy atom. The van der Waals surface area contributed by atoms with Crippen LogP contribution in [0.1, 0.15) is 23.2 Å². The van der Waals surface area contributed by atoms with Crippen molar-refractivity contribution in [1.82, 2.24) is 4.98 Å². The lowest BCUT2D eigenvalue weighted by atomic mass is 9.99. The third-order valence-electron chi connectivity index (χ3n) is 3.73. The van der Waals surface area contributed by atoms with E-state index >= 15 is 0 Å². The molecule has 1 aromatic heterocycles. The van der Waals surface area contributed by atoms with E-state index in [4.69, 9.17) is 9.47 Å². The van der Waals surface area contributed by atoms with Gasteiger partial charge in [-0.15, -0.1) is 0 Å². The lowest BCUT2D eigenvalue weighted by Crippen LogP contribution is -2.03. The van der Waals surface area contributed by atoms with Crippen LogP contribution < -0.4 is 10.1 Å². The maximum Gasteiger partial charge on any atom is 0.256 e. The summed E-state index contributed by atoms with van der Waals surface area (Å²) in [7, 11) is 3.25. The first-order chi connectivity index (χ1) is 11.7. The molecule has 5 nitrogen and oxygen atoms in total. The molecule has 1 aliphatic heterocycles. The fourth-order valence-corrected chi connectivity index (χ4v) is 2.61. The maximum atomic E-state index is 12.4. The van der Waals surface area contributed by atoms with Crippen molar-refractivity contribution in [1.29, 1.82) is 0 Å². The second-order valence-electron chi connectivity index (χ2n) is 5.24. The second-order valence-corrected chi connectivity index (χ2v) is 5.24. The largest absolute Gasteiger partial charge is 0.495 e. The topological polar surface area (TPSA) is 63.4 Å². The summed E-state index contributed by atoms with van der Waals surface area (Å²) in [5, 5.41) is 2.88. The van der Waals surface area contributed by atoms with Crippen LogP contribution in [0.15, 0.2) is 30.5 Å². The standard InChI is InChI=1S/C19H18N2O3/c1-23-11-4-3-6-13-7-5-8-15-18(13)14(19(22)21-15)12-16-17(24-2)9-10-20-16/h5,7-10,12,20H,4,11H2,1-2H3,(H,21,22)/b14-12-. The van der Waals surface area contributed by atoms with Crippen LogP contribution in [0.4, 0.5) is 5.69 Å². The number of benzene rings is 1. The zero-order valence-corrected chi connectivity index (χ0v) is 13.6. The number of anilines is 1. The highest BCUT2D eigenvalue weighted by Gasteiger charge is 2.26. The van der Waals surface area contributed by atoms with Crippen molar-refractivity contribution in [2.45, 2.75) is 6.42 Å². The Balaban J connectivity index is 2.03. The summed E-state index contributed by atoms with van der Waals surface area (Å²) in [6.07, 6.45) is 4.21. The number of aromatic nitrogens is 1. The van der Waals surface area contributed by atoms with E-state index in [-0.39, 0.29) is 5.91 Å². The predicted octanol–water partition coefficient (Wildman–Crippen LogP) is 2.90. The first-order valence-electron chi connectivity index (χ1n) is 7.60. The van der Waals surface area contributed by atoms with Gasteiger partial charge in [-0.05, 0) is 24.3 Å². The van der Waals surface area contributed by atoms with Gasteiger partial charge in [0, 0.05) is 30.9 Å². The van der Waals surface area contributed by atoms with Gasteiger partial charge in [0.2, 0.25) is 0 Å². The molecule has 1 aliphatic rings. The number of amides is 1. The Hall–Kier alpha value is -2.97. The van der Waals surface area contributed by atoms with Crippen LogP contribution >= 0.6 is 0 Å². The van der Waals surface area contributed by atoms with E-state index in [0.717, 1.165) is 22.5 Å². The Labute approximate surface area is 140 Å². The van der Waals surface area contributed by atoms with Gasteiger partial charge >= 0.3 is 0 Å². The molecule has 1 aromatic carbocycles. The number of H-pyrrole nitrogens is 1. The molecular formula is C19H18N2O3. The number of ether oxygens (including phenoxy) is 2. The number of methoxy groups -OCH3 is 2. The van der Waals surface area contributed by atoms with E-state index in [1.54, 1.807) is 26.5 Å². The average Bonchev–Trinajstić information content (AvgIpc) is 3.16.